The Bertz CT molecular complexity index is 1660. The summed E-state index contributed by atoms with van der Waals surface area (Å²) in [7, 11) is 0. The summed E-state index contributed by atoms with van der Waals surface area (Å²) in [5.41, 5.74) is 5.77. The molecule has 0 spiro atoms. The van der Waals surface area contributed by atoms with Gasteiger partial charge in [-0.05, 0) is 73.5 Å². The van der Waals surface area contributed by atoms with E-state index in [0.717, 1.165) is 70.0 Å². The second kappa shape index (κ2) is 11.6. The van der Waals surface area contributed by atoms with Gasteiger partial charge in [0, 0.05) is 34.9 Å². The number of rotatable bonds is 9. The van der Waals surface area contributed by atoms with Crippen LogP contribution in [0.4, 0.5) is 0 Å². The molecule has 0 radical (unpaired) electrons. The molecule has 5 aromatic rings. The second-order valence-electron chi connectivity index (χ2n) is 10.8. The lowest BCUT2D eigenvalue weighted by Crippen LogP contribution is -2.30. The third-order valence-corrected chi connectivity index (χ3v) is 8.19. The third-order valence-electron chi connectivity index (χ3n) is 8.19. The van der Waals surface area contributed by atoms with Crippen LogP contribution in [0.5, 0.6) is 5.75 Å². The van der Waals surface area contributed by atoms with Gasteiger partial charge < -0.3 is 14.4 Å². The molecule has 0 bridgehead atoms. The van der Waals surface area contributed by atoms with E-state index in [0.29, 0.717) is 31.8 Å². The molecule has 6 rings (SSSR count). The lowest BCUT2D eigenvalue weighted by Gasteiger charge is -2.26. The Kier molecular flexibility index (Phi) is 7.56. The molecule has 1 aliphatic rings. The summed E-state index contributed by atoms with van der Waals surface area (Å²) in [5.74, 6) is -0.00420. The van der Waals surface area contributed by atoms with Gasteiger partial charge in [0.1, 0.15) is 11.4 Å². The van der Waals surface area contributed by atoms with Crippen molar-refractivity contribution in [3.63, 3.8) is 0 Å². The molecule has 0 atom stereocenters. The predicted molar refractivity (Wildman–Crippen MR) is 162 cm³/mol. The highest BCUT2D eigenvalue weighted by Gasteiger charge is 2.26. The Morgan fingerprint density at radius 3 is 2.40 bits per heavy atom. The zero-order valence-electron chi connectivity index (χ0n) is 23.1. The quantitative estimate of drug-likeness (QED) is 0.196. The minimum absolute atomic E-state index is 0.409. The molecular weight excluding hydrogens is 496 g/mol. The SMILES string of the molecule is Cc1ccccc1-c1cccc2c1c(CN1CCCCC1)c(C(=O)O)n2CCCOc1cccc2ccccc12. The average Bonchev–Trinajstić information content (AvgIpc) is 3.29. The van der Waals surface area contributed by atoms with Crippen molar-refractivity contribution < 1.29 is 14.6 Å². The van der Waals surface area contributed by atoms with Crippen molar-refractivity contribution in [3.8, 4) is 16.9 Å². The zero-order valence-corrected chi connectivity index (χ0v) is 23.1. The van der Waals surface area contributed by atoms with E-state index in [1.165, 1.54) is 12.0 Å². The molecule has 40 heavy (non-hydrogen) atoms. The van der Waals surface area contributed by atoms with Crippen molar-refractivity contribution in [1.29, 1.82) is 0 Å². The lowest BCUT2D eigenvalue weighted by atomic mass is 9.95. The maximum atomic E-state index is 12.9. The van der Waals surface area contributed by atoms with Crippen LogP contribution in [-0.2, 0) is 13.1 Å². The summed E-state index contributed by atoms with van der Waals surface area (Å²) in [6, 6.07) is 29.0. The minimum atomic E-state index is -0.867. The number of nitrogens with zero attached hydrogens (tertiary/aromatic N) is 2. The van der Waals surface area contributed by atoms with E-state index in [-0.39, 0.29) is 0 Å². The van der Waals surface area contributed by atoms with Gasteiger partial charge in [-0.15, -0.1) is 0 Å². The highest BCUT2D eigenvalue weighted by atomic mass is 16.5. The molecule has 1 aliphatic heterocycles. The molecule has 1 fully saturated rings. The third kappa shape index (κ3) is 5.09. The van der Waals surface area contributed by atoms with E-state index in [2.05, 4.69) is 72.5 Å². The van der Waals surface area contributed by atoms with Crippen molar-refractivity contribution in [2.45, 2.75) is 45.7 Å². The van der Waals surface area contributed by atoms with Crippen molar-refractivity contribution >= 4 is 27.6 Å². The van der Waals surface area contributed by atoms with Gasteiger partial charge in [-0.1, -0.05) is 79.2 Å². The van der Waals surface area contributed by atoms with E-state index in [9.17, 15) is 9.90 Å². The first-order valence-corrected chi connectivity index (χ1v) is 14.4. The van der Waals surface area contributed by atoms with Gasteiger partial charge in [0.05, 0.1) is 6.61 Å². The van der Waals surface area contributed by atoms with Crippen LogP contribution in [0.1, 0.15) is 47.3 Å². The Hall–Kier alpha value is -4.09. The van der Waals surface area contributed by atoms with Crippen LogP contribution < -0.4 is 4.74 Å². The molecule has 0 amide bonds. The first kappa shape index (κ1) is 26.1. The van der Waals surface area contributed by atoms with Gasteiger partial charge >= 0.3 is 5.97 Å². The Morgan fingerprint density at radius 1 is 0.850 bits per heavy atom. The number of carboxylic acid groups (broad SMARTS) is 1. The van der Waals surface area contributed by atoms with Crippen LogP contribution in [0.2, 0.25) is 0 Å². The summed E-state index contributed by atoms with van der Waals surface area (Å²) >= 11 is 0. The summed E-state index contributed by atoms with van der Waals surface area (Å²) < 4.78 is 8.24. The standard InChI is InChI=1S/C35H36N2O3/c1-25-12-3-5-15-27(25)29-17-10-18-31-33(29)30(24-36-20-7-2-8-21-36)34(35(38)39)37(31)22-11-23-40-32-19-9-14-26-13-4-6-16-28(26)32/h3-6,9-10,12-19H,2,7-8,11,20-24H2,1H3,(H,38,39). The molecule has 1 aromatic heterocycles. The Labute approximate surface area is 235 Å². The van der Waals surface area contributed by atoms with E-state index in [1.54, 1.807) is 0 Å². The first-order valence-electron chi connectivity index (χ1n) is 14.4. The summed E-state index contributed by atoms with van der Waals surface area (Å²) in [6.45, 7) is 5.87. The summed E-state index contributed by atoms with van der Waals surface area (Å²) in [6.07, 6.45) is 4.27. The molecule has 204 valence electrons. The van der Waals surface area contributed by atoms with Crippen LogP contribution in [0.15, 0.2) is 84.9 Å². The number of fused-ring (bicyclic) bond motifs is 2. The number of benzene rings is 4. The molecule has 5 nitrogen and oxygen atoms in total. The first-order chi connectivity index (χ1) is 19.6. The zero-order chi connectivity index (χ0) is 27.5. The molecule has 5 heteroatoms. The number of aryl methyl sites for hydroxylation is 2. The van der Waals surface area contributed by atoms with Gasteiger partial charge in [-0.25, -0.2) is 4.79 Å². The Morgan fingerprint density at radius 2 is 1.57 bits per heavy atom. The highest BCUT2D eigenvalue weighted by molar-refractivity contribution is 6.05. The van der Waals surface area contributed by atoms with Gasteiger partial charge in [0.15, 0.2) is 0 Å². The number of ether oxygens (including phenoxy) is 1. The Balaban J connectivity index is 1.37. The van der Waals surface area contributed by atoms with E-state index < -0.39 is 5.97 Å². The van der Waals surface area contributed by atoms with Gasteiger partial charge in [0.25, 0.3) is 0 Å². The van der Waals surface area contributed by atoms with Gasteiger partial charge in [-0.3, -0.25) is 4.90 Å². The molecule has 2 heterocycles. The van der Waals surface area contributed by atoms with Crippen molar-refractivity contribution in [1.82, 2.24) is 9.47 Å². The number of piperidine rings is 1. The minimum Gasteiger partial charge on any atom is -0.493 e. The average molecular weight is 533 g/mol. The molecule has 4 aromatic carbocycles. The van der Waals surface area contributed by atoms with Crippen molar-refractivity contribution in [3.05, 3.63) is 102 Å². The van der Waals surface area contributed by atoms with Crippen LogP contribution in [0.3, 0.4) is 0 Å². The largest absolute Gasteiger partial charge is 0.493 e. The van der Waals surface area contributed by atoms with E-state index in [1.807, 2.05) is 28.8 Å². The topological polar surface area (TPSA) is 54.7 Å². The van der Waals surface area contributed by atoms with Crippen LogP contribution in [0, 0.1) is 6.92 Å². The molecule has 1 N–H and O–H groups in total. The maximum absolute atomic E-state index is 12.9. The number of hydrogen-bond donors (Lipinski definition) is 1. The lowest BCUT2D eigenvalue weighted by molar-refractivity contribution is 0.0682. The van der Waals surface area contributed by atoms with Crippen LogP contribution >= 0.6 is 0 Å². The van der Waals surface area contributed by atoms with Gasteiger partial charge in [-0.2, -0.15) is 0 Å². The van der Waals surface area contributed by atoms with Crippen molar-refractivity contribution in [2.24, 2.45) is 0 Å². The molecular formula is C35H36N2O3. The number of hydrogen-bond acceptors (Lipinski definition) is 3. The fraction of sp³-hybridized carbons (Fsp3) is 0.286. The molecule has 1 saturated heterocycles. The molecule has 0 aliphatic carbocycles. The predicted octanol–water partition coefficient (Wildman–Crippen LogP) is 7.92. The van der Waals surface area contributed by atoms with E-state index in [4.69, 9.17) is 4.74 Å². The summed E-state index contributed by atoms with van der Waals surface area (Å²) in [4.78, 5) is 15.3. The summed E-state index contributed by atoms with van der Waals surface area (Å²) in [5, 5.41) is 13.9. The number of aromatic carboxylic acids is 1. The fourth-order valence-electron chi connectivity index (χ4n) is 6.28. The number of carbonyl (C=O) groups is 1. The number of likely N-dealkylation sites (tertiary alicyclic amines) is 1. The second-order valence-corrected chi connectivity index (χ2v) is 10.8. The van der Waals surface area contributed by atoms with E-state index >= 15 is 0 Å². The monoisotopic (exact) mass is 532 g/mol. The molecule has 0 unspecified atom stereocenters. The highest BCUT2D eigenvalue weighted by Crippen LogP contribution is 2.38. The normalized spacial score (nSPS) is 14.1. The van der Waals surface area contributed by atoms with Gasteiger partial charge in [0.2, 0.25) is 0 Å². The number of carboxylic acids is 1. The maximum Gasteiger partial charge on any atom is 0.352 e. The molecule has 0 saturated carbocycles. The van der Waals surface area contributed by atoms with Crippen LogP contribution in [-0.4, -0.2) is 40.2 Å². The van der Waals surface area contributed by atoms with Crippen molar-refractivity contribution in [2.75, 3.05) is 19.7 Å². The fourth-order valence-corrected chi connectivity index (χ4v) is 6.28. The van der Waals surface area contributed by atoms with Crippen LogP contribution in [0.25, 0.3) is 32.8 Å². The smallest absolute Gasteiger partial charge is 0.352 e. The number of aromatic nitrogens is 1.